The van der Waals surface area contributed by atoms with Crippen LogP contribution in [0.25, 0.3) is 16.9 Å². The first-order valence-electron chi connectivity index (χ1n) is 6.30. The van der Waals surface area contributed by atoms with Gasteiger partial charge in [-0.2, -0.15) is 0 Å². The number of nitrogens with one attached hydrogen (secondary N) is 1. The summed E-state index contributed by atoms with van der Waals surface area (Å²) in [5.74, 6) is -0.232. The third kappa shape index (κ3) is 2.08. The van der Waals surface area contributed by atoms with E-state index in [4.69, 9.17) is 12.2 Å². The molecular formula is C16H13FN2S. The summed E-state index contributed by atoms with van der Waals surface area (Å²) in [6, 6.07) is 14.9. The Morgan fingerprint density at radius 2 is 1.80 bits per heavy atom. The Hall–Kier alpha value is -2.20. The highest BCUT2D eigenvalue weighted by molar-refractivity contribution is 7.71. The van der Waals surface area contributed by atoms with Gasteiger partial charge in [0.25, 0.3) is 0 Å². The summed E-state index contributed by atoms with van der Waals surface area (Å²) in [5.41, 5.74) is 3.29. The van der Waals surface area contributed by atoms with E-state index in [1.807, 2.05) is 47.2 Å². The van der Waals surface area contributed by atoms with Crippen molar-refractivity contribution in [1.29, 1.82) is 0 Å². The minimum atomic E-state index is -0.232. The summed E-state index contributed by atoms with van der Waals surface area (Å²) in [7, 11) is 0. The molecule has 1 heterocycles. The molecular weight excluding hydrogens is 271 g/mol. The van der Waals surface area contributed by atoms with Gasteiger partial charge in [0, 0.05) is 17.3 Å². The predicted octanol–water partition coefficient (Wildman–Crippen LogP) is 4.65. The monoisotopic (exact) mass is 284 g/mol. The highest BCUT2D eigenvalue weighted by atomic mass is 32.1. The molecule has 0 atom stereocenters. The number of nitrogens with zero attached hydrogens (tertiary/aromatic N) is 1. The van der Waals surface area contributed by atoms with Gasteiger partial charge in [-0.25, -0.2) is 4.39 Å². The van der Waals surface area contributed by atoms with Crippen LogP contribution in [0.5, 0.6) is 0 Å². The molecule has 1 N–H and O–H groups in total. The van der Waals surface area contributed by atoms with Crippen LogP contribution in [0, 0.1) is 17.5 Å². The van der Waals surface area contributed by atoms with Gasteiger partial charge in [0.05, 0.1) is 11.4 Å². The number of imidazole rings is 1. The van der Waals surface area contributed by atoms with Crippen molar-refractivity contribution in [2.24, 2.45) is 0 Å². The molecule has 0 saturated heterocycles. The molecule has 0 amide bonds. The van der Waals surface area contributed by atoms with Crippen molar-refractivity contribution < 1.29 is 4.39 Å². The zero-order valence-corrected chi connectivity index (χ0v) is 11.7. The average molecular weight is 284 g/mol. The van der Waals surface area contributed by atoms with Crippen LogP contribution < -0.4 is 0 Å². The van der Waals surface area contributed by atoms with E-state index < -0.39 is 0 Å². The van der Waals surface area contributed by atoms with Crippen LogP contribution in [0.4, 0.5) is 4.39 Å². The normalized spacial score (nSPS) is 10.7. The van der Waals surface area contributed by atoms with E-state index in [0.717, 1.165) is 16.9 Å². The van der Waals surface area contributed by atoms with Crippen LogP contribution in [0.2, 0.25) is 0 Å². The molecule has 1 aromatic heterocycles. The maximum atomic E-state index is 13.8. The maximum Gasteiger partial charge on any atom is 0.182 e. The van der Waals surface area contributed by atoms with Gasteiger partial charge < -0.3 is 4.98 Å². The summed E-state index contributed by atoms with van der Waals surface area (Å²) in [6.45, 7) is 1.76. The summed E-state index contributed by atoms with van der Waals surface area (Å²) < 4.78 is 16.2. The lowest BCUT2D eigenvalue weighted by atomic mass is 10.1. The third-order valence-electron chi connectivity index (χ3n) is 3.33. The van der Waals surface area contributed by atoms with Crippen molar-refractivity contribution in [3.05, 3.63) is 70.9 Å². The molecule has 0 fully saturated rings. The van der Waals surface area contributed by atoms with Crippen molar-refractivity contribution in [1.82, 2.24) is 9.55 Å². The molecule has 0 unspecified atom stereocenters. The van der Waals surface area contributed by atoms with Crippen LogP contribution in [-0.2, 0) is 0 Å². The maximum absolute atomic E-state index is 13.8. The number of H-pyrrole nitrogens is 1. The quantitative estimate of drug-likeness (QED) is 0.679. The number of benzene rings is 2. The van der Waals surface area contributed by atoms with Gasteiger partial charge in [-0.05, 0) is 31.3 Å². The third-order valence-corrected chi connectivity index (χ3v) is 3.63. The SMILES string of the molecule is Cc1c(F)cccc1-n1c(-c2ccccc2)c[nH]c1=S. The van der Waals surface area contributed by atoms with Gasteiger partial charge in [0.2, 0.25) is 0 Å². The Morgan fingerprint density at radius 3 is 2.55 bits per heavy atom. The Kier molecular flexibility index (Phi) is 3.24. The lowest BCUT2D eigenvalue weighted by molar-refractivity contribution is 0.617. The van der Waals surface area contributed by atoms with E-state index in [9.17, 15) is 4.39 Å². The highest BCUT2D eigenvalue weighted by Gasteiger charge is 2.12. The fourth-order valence-electron chi connectivity index (χ4n) is 2.27. The smallest absolute Gasteiger partial charge is 0.182 e. The minimum absolute atomic E-state index is 0.232. The van der Waals surface area contributed by atoms with Crippen molar-refractivity contribution in [3.8, 4) is 16.9 Å². The summed E-state index contributed by atoms with van der Waals surface area (Å²) in [6.07, 6.45) is 1.85. The number of rotatable bonds is 2. The Labute approximate surface area is 121 Å². The van der Waals surface area contributed by atoms with Crippen molar-refractivity contribution >= 4 is 12.2 Å². The second-order valence-electron chi connectivity index (χ2n) is 4.56. The fourth-order valence-corrected chi connectivity index (χ4v) is 2.52. The molecule has 2 nitrogen and oxygen atoms in total. The molecule has 3 rings (SSSR count). The summed E-state index contributed by atoms with van der Waals surface area (Å²) in [5, 5.41) is 0. The first-order valence-corrected chi connectivity index (χ1v) is 6.70. The molecule has 0 aliphatic carbocycles. The van der Waals surface area contributed by atoms with Gasteiger partial charge >= 0.3 is 0 Å². The standard InChI is InChI=1S/C16H13FN2S/c1-11-13(17)8-5-9-14(11)19-15(10-18-16(19)20)12-6-3-2-4-7-12/h2-10H,1H3,(H,18,20). The second kappa shape index (κ2) is 5.06. The lowest BCUT2D eigenvalue weighted by Gasteiger charge is -2.11. The van der Waals surface area contributed by atoms with Gasteiger partial charge in [-0.1, -0.05) is 36.4 Å². The van der Waals surface area contributed by atoms with Crippen molar-refractivity contribution in [3.63, 3.8) is 0 Å². The number of aromatic nitrogens is 2. The van der Waals surface area contributed by atoms with Crippen molar-refractivity contribution in [2.45, 2.75) is 6.92 Å². The van der Waals surface area contributed by atoms with Crippen LogP contribution in [-0.4, -0.2) is 9.55 Å². The molecule has 0 aliphatic heterocycles. The first-order chi connectivity index (χ1) is 9.68. The van der Waals surface area contributed by atoms with E-state index in [1.54, 1.807) is 13.0 Å². The van der Waals surface area contributed by atoms with Crippen LogP contribution in [0.3, 0.4) is 0 Å². The molecule has 0 bridgehead atoms. The number of hydrogen-bond acceptors (Lipinski definition) is 1. The van der Waals surface area contributed by atoms with E-state index >= 15 is 0 Å². The zero-order chi connectivity index (χ0) is 14.1. The molecule has 2 aromatic carbocycles. The fraction of sp³-hybridized carbons (Fsp3) is 0.0625. The van der Waals surface area contributed by atoms with Gasteiger partial charge in [0.15, 0.2) is 4.77 Å². The van der Waals surface area contributed by atoms with E-state index in [1.165, 1.54) is 6.07 Å². The molecule has 20 heavy (non-hydrogen) atoms. The predicted molar refractivity (Wildman–Crippen MR) is 81.1 cm³/mol. The van der Waals surface area contributed by atoms with E-state index in [2.05, 4.69) is 4.98 Å². The number of aromatic amines is 1. The van der Waals surface area contributed by atoms with Crippen LogP contribution in [0.15, 0.2) is 54.7 Å². The Balaban J connectivity index is 2.28. The van der Waals surface area contributed by atoms with Gasteiger partial charge in [0.1, 0.15) is 5.82 Å². The largest absolute Gasteiger partial charge is 0.336 e. The molecule has 0 radical (unpaired) electrons. The number of hydrogen-bond donors (Lipinski definition) is 1. The molecule has 0 saturated carbocycles. The zero-order valence-electron chi connectivity index (χ0n) is 10.9. The lowest BCUT2D eigenvalue weighted by Crippen LogP contribution is -2.01. The van der Waals surface area contributed by atoms with Crippen LogP contribution >= 0.6 is 12.2 Å². The van der Waals surface area contributed by atoms with E-state index in [0.29, 0.717) is 10.3 Å². The minimum Gasteiger partial charge on any atom is -0.336 e. The molecule has 4 heteroatoms. The number of halogens is 1. The molecule has 3 aromatic rings. The first kappa shape index (κ1) is 12.8. The van der Waals surface area contributed by atoms with Gasteiger partial charge in [-0.3, -0.25) is 4.57 Å². The topological polar surface area (TPSA) is 20.7 Å². The molecule has 100 valence electrons. The highest BCUT2D eigenvalue weighted by Crippen LogP contribution is 2.26. The molecule has 0 spiro atoms. The molecule has 0 aliphatic rings. The average Bonchev–Trinajstić information content (AvgIpc) is 2.85. The second-order valence-corrected chi connectivity index (χ2v) is 4.95. The van der Waals surface area contributed by atoms with Gasteiger partial charge in [-0.15, -0.1) is 0 Å². The van der Waals surface area contributed by atoms with E-state index in [-0.39, 0.29) is 5.82 Å². The van der Waals surface area contributed by atoms with Crippen LogP contribution in [0.1, 0.15) is 5.56 Å². The summed E-state index contributed by atoms with van der Waals surface area (Å²) in [4.78, 5) is 3.04. The Morgan fingerprint density at radius 1 is 1.05 bits per heavy atom. The Bertz CT molecular complexity index is 803. The summed E-state index contributed by atoms with van der Waals surface area (Å²) >= 11 is 5.34. The van der Waals surface area contributed by atoms with Crippen molar-refractivity contribution in [2.75, 3.05) is 0 Å².